The molecule has 0 aliphatic rings. The molecule has 2 heteroatoms. The molecule has 2 aromatic carbocycles. The molecule has 0 saturated heterocycles. The fraction of sp³-hybridized carbons (Fsp3) is 0.462. The smallest absolute Gasteiger partial charge is 0.125 e. The molecule has 0 N–H and O–H groups in total. The number of aryl methyl sites for hydroxylation is 1. The molecule has 1 atom stereocenters. The summed E-state index contributed by atoms with van der Waals surface area (Å²) >= 11 is 0. The van der Waals surface area contributed by atoms with Crippen LogP contribution in [0.15, 0.2) is 48.5 Å². The van der Waals surface area contributed by atoms with E-state index in [9.17, 15) is 9.59 Å². The van der Waals surface area contributed by atoms with Gasteiger partial charge in [-0.2, -0.15) is 0 Å². The third kappa shape index (κ3) is 8.65. The van der Waals surface area contributed by atoms with Gasteiger partial charge < -0.3 is 9.59 Å². The largest absolute Gasteiger partial charge is 0.303 e. The first kappa shape index (κ1) is 23.8. The molecule has 0 heterocycles. The fourth-order valence-electron chi connectivity index (χ4n) is 2.92. The van der Waals surface area contributed by atoms with Crippen LogP contribution >= 0.6 is 0 Å². The van der Waals surface area contributed by atoms with Crippen LogP contribution in [0.5, 0.6) is 0 Å². The second-order valence-corrected chi connectivity index (χ2v) is 8.67. The third-order valence-electron chi connectivity index (χ3n) is 4.85. The second-order valence-electron chi connectivity index (χ2n) is 8.67. The number of carbonyl (C=O) groups is 2. The first-order valence-corrected chi connectivity index (χ1v) is 10.3. The van der Waals surface area contributed by atoms with Gasteiger partial charge in [0.25, 0.3) is 0 Å². The highest BCUT2D eigenvalue weighted by atomic mass is 16.1. The first-order valence-electron chi connectivity index (χ1n) is 10.3. The molecule has 0 fully saturated rings. The van der Waals surface area contributed by atoms with E-state index >= 15 is 0 Å². The Bertz CT molecular complexity index is 709. The molecule has 0 bridgehead atoms. The van der Waals surface area contributed by atoms with E-state index in [4.69, 9.17) is 0 Å². The summed E-state index contributed by atoms with van der Waals surface area (Å²) in [6, 6.07) is 17.0. The van der Waals surface area contributed by atoms with E-state index in [2.05, 4.69) is 69.3 Å². The van der Waals surface area contributed by atoms with Crippen molar-refractivity contribution in [3.05, 3.63) is 70.8 Å². The highest BCUT2D eigenvalue weighted by Crippen LogP contribution is 2.19. The lowest BCUT2D eigenvalue weighted by Gasteiger charge is -2.16. The molecule has 0 aliphatic heterocycles. The van der Waals surface area contributed by atoms with Crippen molar-refractivity contribution in [1.82, 2.24) is 0 Å². The van der Waals surface area contributed by atoms with Crippen molar-refractivity contribution in [2.75, 3.05) is 0 Å². The summed E-state index contributed by atoms with van der Waals surface area (Å²) in [6.45, 7) is 12.4. The van der Waals surface area contributed by atoms with E-state index in [-0.39, 0.29) is 11.3 Å². The van der Waals surface area contributed by atoms with Crippen molar-refractivity contribution >= 4 is 12.6 Å². The van der Waals surface area contributed by atoms with Crippen LogP contribution in [-0.2, 0) is 28.9 Å². The molecule has 1 unspecified atom stereocenters. The number of hydrogen-bond acceptors (Lipinski definition) is 2. The van der Waals surface area contributed by atoms with Gasteiger partial charge in [0, 0.05) is 11.3 Å². The third-order valence-corrected chi connectivity index (χ3v) is 4.85. The van der Waals surface area contributed by atoms with E-state index in [1.165, 1.54) is 22.3 Å². The summed E-state index contributed by atoms with van der Waals surface area (Å²) in [5, 5.41) is 0. The number of aldehydes is 2. The van der Waals surface area contributed by atoms with E-state index in [0.29, 0.717) is 5.92 Å². The number of carbonyl (C=O) groups excluding carboxylic acids is 2. The average molecular weight is 381 g/mol. The standard InChI is InChI=1S/2C13H18O/c1-10(2)13-6-4-12(5-7-13)8-11(3)9-14;1-4-11-5-7-12(8-6-11)9-13(2,3)10-14/h4-7,9-11H,8H2,1-3H3;5-8,10H,4,9H2,1-3H3. The molecule has 0 aromatic heterocycles. The Kier molecular flexibility index (Phi) is 9.85. The van der Waals surface area contributed by atoms with E-state index in [0.717, 1.165) is 31.8 Å². The minimum absolute atomic E-state index is 0.125. The predicted octanol–water partition coefficient (Wildman–Crippen LogP) is 6.20. The molecule has 2 aromatic rings. The van der Waals surface area contributed by atoms with Gasteiger partial charge in [-0.3, -0.25) is 0 Å². The lowest BCUT2D eigenvalue weighted by Crippen LogP contribution is -2.16. The van der Waals surface area contributed by atoms with E-state index < -0.39 is 0 Å². The Morgan fingerprint density at radius 3 is 1.75 bits per heavy atom. The molecule has 152 valence electrons. The predicted molar refractivity (Wildman–Crippen MR) is 119 cm³/mol. The minimum Gasteiger partial charge on any atom is -0.303 e. The molecule has 2 nitrogen and oxygen atoms in total. The highest BCUT2D eigenvalue weighted by molar-refractivity contribution is 5.58. The fourth-order valence-corrected chi connectivity index (χ4v) is 2.92. The maximum atomic E-state index is 10.8. The van der Waals surface area contributed by atoms with Gasteiger partial charge in [-0.15, -0.1) is 0 Å². The van der Waals surface area contributed by atoms with Crippen LogP contribution in [0, 0.1) is 11.3 Å². The molecular weight excluding hydrogens is 344 g/mol. The highest BCUT2D eigenvalue weighted by Gasteiger charge is 2.16. The Morgan fingerprint density at radius 1 is 0.821 bits per heavy atom. The van der Waals surface area contributed by atoms with Crippen LogP contribution in [0.25, 0.3) is 0 Å². The zero-order chi connectivity index (χ0) is 21.2. The summed E-state index contributed by atoms with van der Waals surface area (Å²) < 4.78 is 0. The normalized spacial score (nSPS) is 12.1. The minimum atomic E-state index is -0.242. The molecule has 0 amide bonds. The van der Waals surface area contributed by atoms with E-state index in [1.54, 1.807) is 0 Å². The molecule has 28 heavy (non-hydrogen) atoms. The summed E-state index contributed by atoms with van der Waals surface area (Å²) in [5.41, 5.74) is 4.94. The van der Waals surface area contributed by atoms with Crippen molar-refractivity contribution in [3.8, 4) is 0 Å². The molecule has 2 rings (SSSR count). The van der Waals surface area contributed by atoms with Crippen molar-refractivity contribution in [3.63, 3.8) is 0 Å². The molecule has 0 radical (unpaired) electrons. The molecule has 0 saturated carbocycles. The quantitative estimate of drug-likeness (QED) is 0.511. The lowest BCUT2D eigenvalue weighted by molar-refractivity contribution is -0.114. The van der Waals surface area contributed by atoms with Crippen molar-refractivity contribution in [2.45, 2.75) is 66.7 Å². The van der Waals surface area contributed by atoms with Gasteiger partial charge >= 0.3 is 0 Å². The number of rotatable bonds is 8. The van der Waals surface area contributed by atoms with E-state index in [1.807, 2.05) is 20.8 Å². The van der Waals surface area contributed by atoms with Crippen molar-refractivity contribution < 1.29 is 9.59 Å². The summed E-state index contributed by atoms with van der Waals surface area (Å²) in [5.74, 6) is 0.701. The maximum Gasteiger partial charge on any atom is 0.125 e. The van der Waals surface area contributed by atoms with Crippen molar-refractivity contribution in [2.24, 2.45) is 11.3 Å². The van der Waals surface area contributed by atoms with Crippen LogP contribution in [-0.4, -0.2) is 12.6 Å². The summed E-state index contributed by atoms with van der Waals surface area (Å²) in [7, 11) is 0. The van der Waals surface area contributed by atoms with Gasteiger partial charge in [0.2, 0.25) is 0 Å². The lowest BCUT2D eigenvalue weighted by atomic mass is 9.87. The van der Waals surface area contributed by atoms with Gasteiger partial charge in [-0.05, 0) is 47.4 Å². The van der Waals surface area contributed by atoms with Crippen LogP contribution < -0.4 is 0 Å². The average Bonchev–Trinajstić information content (AvgIpc) is 2.69. The Labute approximate surface area is 171 Å². The van der Waals surface area contributed by atoms with Gasteiger partial charge in [0.1, 0.15) is 12.6 Å². The topological polar surface area (TPSA) is 34.1 Å². The Morgan fingerprint density at radius 2 is 1.32 bits per heavy atom. The van der Waals surface area contributed by atoms with Crippen LogP contribution in [0.2, 0.25) is 0 Å². The molecule has 0 spiro atoms. The summed E-state index contributed by atoms with van der Waals surface area (Å²) in [6.07, 6.45) is 4.77. The second kappa shape index (κ2) is 11.6. The maximum absolute atomic E-state index is 10.8. The monoisotopic (exact) mass is 380 g/mol. The Balaban J connectivity index is 0.000000280. The SMILES string of the molecule is CC(C=O)Cc1ccc(C(C)C)cc1.CCc1ccc(CC(C)(C)C=O)cc1. The van der Waals surface area contributed by atoms with Crippen molar-refractivity contribution in [1.29, 1.82) is 0 Å². The Hall–Kier alpha value is -2.22. The van der Waals surface area contributed by atoms with Gasteiger partial charge in [-0.25, -0.2) is 0 Å². The summed E-state index contributed by atoms with van der Waals surface area (Å²) in [4.78, 5) is 21.2. The van der Waals surface area contributed by atoms with Crippen LogP contribution in [0.1, 0.15) is 69.7 Å². The number of hydrogen-bond donors (Lipinski definition) is 0. The van der Waals surface area contributed by atoms with Crippen LogP contribution in [0.3, 0.4) is 0 Å². The van der Waals surface area contributed by atoms with Crippen LogP contribution in [0.4, 0.5) is 0 Å². The first-order chi connectivity index (χ1) is 13.2. The number of benzene rings is 2. The molecule has 0 aliphatic carbocycles. The van der Waals surface area contributed by atoms with Gasteiger partial charge in [-0.1, -0.05) is 90.1 Å². The zero-order valence-corrected chi connectivity index (χ0v) is 18.4. The zero-order valence-electron chi connectivity index (χ0n) is 18.4. The van der Waals surface area contributed by atoms with Gasteiger partial charge in [0.05, 0.1) is 0 Å². The molecular formula is C26H36O2. The van der Waals surface area contributed by atoms with Gasteiger partial charge in [0.15, 0.2) is 0 Å².